The maximum atomic E-state index is 10.2. The molecule has 0 aliphatic carbocycles. The van der Waals surface area contributed by atoms with Gasteiger partial charge in [0, 0.05) is 13.8 Å². The van der Waals surface area contributed by atoms with Crippen LogP contribution in [0.5, 0.6) is 0 Å². The summed E-state index contributed by atoms with van der Waals surface area (Å²) in [6.45, 7) is 3.97. The monoisotopic (exact) mass is 144 g/mol. The Hall–Kier alpha value is -0.995. The quantitative estimate of drug-likeness (QED) is 0.520. The minimum absolute atomic E-state index is 0.464. The van der Waals surface area contributed by atoms with Crippen molar-refractivity contribution in [2.75, 3.05) is 0 Å². The predicted octanol–water partition coefficient (Wildman–Crippen LogP) is 0.231. The molecule has 5 heteroatoms. The first-order valence-electron chi connectivity index (χ1n) is 2.87. The molecule has 0 aliphatic heterocycles. The summed E-state index contributed by atoms with van der Waals surface area (Å²) in [6.07, 6.45) is 0. The summed E-state index contributed by atoms with van der Waals surface area (Å²) in [6, 6.07) is 0. The van der Waals surface area contributed by atoms with Crippen LogP contribution in [0.25, 0.3) is 0 Å². The molecule has 0 aromatic carbocycles. The standard InChI is InChI=1S/C5H9BO4/c1-4(7)9-6(3)10-5(2)8/h1-3H3/q-1. The second-order valence-electron chi connectivity index (χ2n) is 1.79. The molecule has 0 aromatic rings. The van der Waals surface area contributed by atoms with Gasteiger partial charge in [-0.3, -0.25) is 9.59 Å². The molecule has 0 N–H and O–H groups in total. The molecular formula is C5H9BO4-. The number of carbonyl (C=O) groups excluding carboxylic acids is 2. The zero-order valence-electron chi connectivity index (χ0n) is 6.21. The van der Waals surface area contributed by atoms with E-state index in [0.717, 1.165) is 0 Å². The number of carbonyl (C=O) groups is 2. The third kappa shape index (κ3) is 5.15. The second kappa shape index (κ2) is 3.92. The maximum Gasteiger partial charge on any atom is 0.273 e. The molecule has 57 valence electrons. The van der Waals surface area contributed by atoms with Crippen molar-refractivity contribution in [2.45, 2.75) is 20.7 Å². The fourth-order valence-electron chi connectivity index (χ4n) is 0.491. The van der Waals surface area contributed by atoms with Gasteiger partial charge in [-0.2, -0.15) is 0 Å². The van der Waals surface area contributed by atoms with Gasteiger partial charge in [0.1, 0.15) is 0 Å². The Morgan fingerprint density at radius 2 is 1.40 bits per heavy atom. The molecule has 0 unspecified atom stereocenters. The second-order valence-corrected chi connectivity index (χ2v) is 1.79. The molecule has 0 aliphatic rings. The lowest BCUT2D eigenvalue weighted by Gasteiger charge is -2.23. The Kier molecular flexibility index (Phi) is 3.53. The van der Waals surface area contributed by atoms with Crippen molar-refractivity contribution in [3.05, 3.63) is 0 Å². The molecule has 4 nitrogen and oxygen atoms in total. The summed E-state index contributed by atoms with van der Waals surface area (Å²) >= 11 is 0. The number of hydrogen-bond donors (Lipinski definition) is 0. The van der Waals surface area contributed by atoms with E-state index in [1.165, 1.54) is 20.7 Å². The van der Waals surface area contributed by atoms with E-state index in [0.29, 0.717) is 0 Å². The van der Waals surface area contributed by atoms with E-state index in [4.69, 9.17) is 0 Å². The highest BCUT2D eigenvalue weighted by Crippen LogP contribution is 1.89. The van der Waals surface area contributed by atoms with Crippen LogP contribution in [-0.4, -0.2) is 19.1 Å². The average molecular weight is 144 g/mol. The lowest BCUT2D eigenvalue weighted by Crippen LogP contribution is -2.23. The molecule has 0 atom stereocenters. The van der Waals surface area contributed by atoms with E-state index in [1.807, 2.05) is 0 Å². The van der Waals surface area contributed by atoms with E-state index < -0.39 is 19.1 Å². The molecule has 10 heavy (non-hydrogen) atoms. The van der Waals surface area contributed by atoms with Crippen LogP contribution in [0.3, 0.4) is 0 Å². The molecule has 0 amide bonds. The van der Waals surface area contributed by atoms with E-state index >= 15 is 0 Å². The van der Waals surface area contributed by atoms with Crippen LogP contribution in [0.4, 0.5) is 0 Å². The molecule has 0 spiro atoms. The molecular weight excluding hydrogens is 135 g/mol. The molecule has 0 saturated carbocycles. The van der Waals surface area contributed by atoms with E-state index in [9.17, 15) is 9.59 Å². The maximum absolute atomic E-state index is 10.2. The minimum Gasteiger partial charge on any atom is -0.676 e. The van der Waals surface area contributed by atoms with Crippen LogP contribution in [0.15, 0.2) is 0 Å². The average Bonchev–Trinajstić information content (AvgIpc) is 1.58. The Bertz CT molecular complexity index is 129. The highest BCUT2D eigenvalue weighted by Gasteiger charge is 1.98. The summed E-state index contributed by atoms with van der Waals surface area (Å²) < 4.78 is 8.96. The smallest absolute Gasteiger partial charge is 0.273 e. The van der Waals surface area contributed by atoms with Crippen LogP contribution in [0.2, 0.25) is 6.82 Å². The highest BCUT2D eigenvalue weighted by molar-refractivity contribution is 6.47. The summed E-state index contributed by atoms with van der Waals surface area (Å²) in [7, 11) is -0.782. The molecule has 0 bridgehead atoms. The van der Waals surface area contributed by atoms with Crippen molar-refractivity contribution in [2.24, 2.45) is 0 Å². The van der Waals surface area contributed by atoms with Crippen molar-refractivity contribution in [1.29, 1.82) is 0 Å². The van der Waals surface area contributed by atoms with Crippen LogP contribution in [-0.2, 0) is 18.9 Å². The predicted molar refractivity (Wildman–Crippen MR) is 35.1 cm³/mol. The lowest BCUT2D eigenvalue weighted by molar-refractivity contribution is -0.137. The molecule has 0 saturated heterocycles. The van der Waals surface area contributed by atoms with Gasteiger partial charge in [-0.1, -0.05) is 0 Å². The van der Waals surface area contributed by atoms with Gasteiger partial charge in [-0.25, -0.2) is 0 Å². The Balaban J connectivity index is 3.53. The van der Waals surface area contributed by atoms with Crippen LogP contribution < -0.4 is 0 Å². The third-order valence-electron chi connectivity index (χ3n) is 0.664. The van der Waals surface area contributed by atoms with Crippen LogP contribution >= 0.6 is 0 Å². The minimum atomic E-state index is -0.782. The summed E-state index contributed by atoms with van der Waals surface area (Å²) in [5.74, 6) is -0.928. The normalized spacial score (nSPS) is 9.20. The first-order chi connectivity index (χ1) is 4.52. The van der Waals surface area contributed by atoms with E-state index in [1.54, 1.807) is 0 Å². The van der Waals surface area contributed by atoms with Gasteiger partial charge in [0.15, 0.2) is 0 Å². The van der Waals surface area contributed by atoms with Crippen molar-refractivity contribution >= 4 is 19.1 Å². The molecule has 0 rings (SSSR count). The zero-order valence-corrected chi connectivity index (χ0v) is 6.21. The van der Waals surface area contributed by atoms with Gasteiger partial charge in [0.25, 0.3) is 19.1 Å². The van der Waals surface area contributed by atoms with Crippen molar-refractivity contribution in [1.82, 2.24) is 0 Å². The van der Waals surface area contributed by atoms with Crippen molar-refractivity contribution < 1.29 is 18.9 Å². The first-order valence-corrected chi connectivity index (χ1v) is 2.87. The van der Waals surface area contributed by atoms with Crippen molar-refractivity contribution in [3.63, 3.8) is 0 Å². The molecule has 0 heterocycles. The van der Waals surface area contributed by atoms with Crippen molar-refractivity contribution in [3.8, 4) is 0 Å². The van der Waals surface area contributed by atoms with Crippen LogP contribution in [0, 0.1) is 0 Å². The van der Waals surface area contributed by atoms with Gasteiger partial charge in [0.05, 0.1) is 0 Å². The van der Waals surface area contributed by atoms with Gasteiger partial charge in [-0.15, -0.1) is 6.82 Å². The summed E-state index contributed by atoms with van der Waals surface area (Å²) in [5, 5.41) is 0. The van der Waals surface area contributed by atoms with Gasteiger partial charge in [-0.05, 0) is 0 Å². The molecule has 0 fully saturated rings. The van der Waals surface area contributed by atoms with Crippen LogP contribution in [0.1, 0.15) is 13.8 Å². The number of hydrogen-bond acceptors (Lipinski definition) is 4. The van der Waals surface area contributed by atoms with E-state index in [-0.39, 0.29) is 0 Å². The Morgan fingerprint density at radius 3 is 1.60 bits per heavy atom. The number of rotatable bonds is 2. The Morgan fingerprint density at radius 1 is 1.10 bits per heavy atom. The zero-order chi connectivity index (χ0) is 8.15. The fraction of sp³-hybridized carbons (Fsp3) is 0.600. The molecule has 0 aromatic heterocycles. The summed E-state index contributed by atoms with van der Waals surface area (Å²) in [4.78, 5) is 20.4. The Labute approximate surface area is 59.6 Å². The third-order valence-corrected chi connectivity index (χ3v) is 0.664. The lowest BCUT2D eigenvalue weighted by atomic mass is 9.95. The topological polar surface area (TPSA) is 52.6 Å². The van der Waals surface area contributed by atoms with E-state index in [2.05, 4.69) is 9.31 Å². The summed E-state index contributed by atoms with van der Waals surface area (Å²) in [5.41, 5.74) is 0. The molecule has 1 radical (unpaired) electrons. The first kappa shape index (κ1) is 9.00. The van der Waals surface area contributed by atoms with Gasteiger partial charge >= 0.3 is 0 Å². The van der Waals surface area contributed by atoms with Gasteiger partial charge in [0.2, 0.25) is 0 Å². The van der Waals surface area contributed by atoms with Gasteiger partial charge < -0.3 is 9.31 Å². The highest BCUT2D eigenvalue weighted by atomic mass is 16.6. The largest absolute Gasteiger partial charge is 0.676 e. The SMILES string of the molecule is C[B-](OC(C)=O)OC(C)=O. The fourth-order valence-corrected chi connectivity index (χ4v) is 0.491.